The quantitative estimate of drug-likeness (QED) is 0.743. The second-order valence-corrected chi connectivity index (χ2v) is 5.42. The molecule has 1 atom stereocenters. The van der Waals surface area contributed by atoms with Gasteiger partial charge in [0.2, 0.25) is 0 Å². The van der Waals surface area contributed by atoms with Crippen molar-refractivity contribution in [2.24, 2.45) is 0 Å². The van der Waals surface area contributed by atoms with Crippen LogP contribution in [0.1, 0.15) is 34.5 Å². The summed E-state index contributed by atoms with van der Waals surface area (Å²) in [7, 11) is 0. The molecule has 2 aromatic rings. The molecule has 0 bridgehead atoms. The Hall–Kier alpha value is -2.20. The average Bonchev–Trinajstić information content (AvgIpc) is 2.42. The Morgan fingerprint density at radius 1 is 1.33 bits per heavy atom. The molecule has 0 aromatic heterocycles. The number of hydrogen-bond acceptors (Lipinski definition) is 3. The minimum Gasteiger partial charge on any atom is -0.478 e. The molecule has 1 unspecified atom stereocenters. The molecule has 0 aliphatic rings. The first-order valence-corrected chi connectivity index (χ1v) is 6.91. The Balaban J connectivity index is 2.29. The van der Waals surface area contributed by atoms with Crippen LogP contribution in [-0.4, -0.2) is 11.1 Å². The van der Waals surface area contributed by atoms with Crippen LogP contribution < -0.4 is 11.1 Å². The lowest BCUT2D eigenvalue weighted by Crippen LogP contribution is -2.10. The number of halogens is 1. The van der Waals surface area contributed by atoms with Crippen LogP contribution in [-0.2, 0) is 0 Å². The fraction of sp³-hybridized carbons (Fsp3) is 0.188. The SMILES string of the molecule is Cc1cc(NC(C)c2cccc(Cl)c2)cc(C(=O)O)c1N. The number of nitrogen functional groups attached to an aromatic ring is 1. The lowest BCUT2D eigenvalue weighted by Gasteiger charge is -2.18. The van der Waals surface area contributed by atoms with E-state index in [1.165, 1.54) is 0 Å². The highest BCUT2D eigenvalue weighted by Gasteiger charge is 2.13. The van der Waals surface area contributed by atoms with Crippen LogP contribution in [0.4, 0.5) is 11.4 Å². The fourth-order valence-electron chi connectivity index (χ4n) is 2.17. The molecule has 0 fully saturated rings. The Morgan fingerprint density at radius 2 is 2.05 bits per heavy atom. The van der Waals surface area contributed by atoms with Crippen LogP contribution in [0.25, 0.3) is 0 Å². The zero-order valence-electron chi connectivity index (χ0n) is 11.9. The van der Waals surface area contributed by atoms with E-state index in [4.69, 9.17) is 17.3 Å². The summed E-state index contributed by atoms with van der Waals surface area (Å²) in [4.78, 5) is 11.2. The Kier molecular flexibility index (Phi) is 4.38. The van der Waals surface area contributed by atoms with E-state index in [1.54, 1.807) is 13.0 Å². The molecule has 0 radical (unpaired) electrons. The Labute approximate surface area is 128 Å². The molecule has 110 valence electrons. The molecule has 0 aliphatic heterocycles. The van der Waals surface area contributed by atoms with Crippen LogP contribution in [0, 0.1) is 6.92 Å². The first-order chi connectivity index (χ1) is 9.88. The highest BCUT2D eigenvalue weighted by atomic mass is 35.5. The van der Waals surface area contributed by atoms with E-state index in [-0.39, 0.29) is 11.6 Å². The van der Waals surface area contributed by atoms with Crippen molar-refractivity contribution in [3.05, 3.63) is 58.1 Å². The second kappa shape index (κ2) is 6.06. The summed E-state index contributed by atoms with van der Waals surface area (Å²) in [6, 6.07) is 10.9. The molecule has 0 heterocycles. The molecule has 2 aromatic carbocycles. The molecule has 0 aliphatic carbocycles. The highest BCUT2D eigenvalue weighted by molar-refractivity contribution is 6.30. The minimum absolute atomic E-state index is 0.00614. The van der Waals surface area contributed by atoms with Crippen molar-refractivity contribution < 1.29 is 9.90 Å². The monoisotopic (exact) mass is 304 g/mol. The van der Waals surface area contributed by atoms with E-state index in [0.29, 0.717) is 16.4 Å². The van der Waals surface area contributed by atoms with Gasteiger partial charge in [-0.25, -0.2) is 4.79 Å². The van der Waals surface area contributed by atoms with Gasteiger partial charge in [0.1, 0.15) is 0 Å². The second-order valence-electron chi connectivity index (χ2n) is 4.98. The number of nitrogens with one attached hydrogen (secondary N) is 1. The molecule has 0 amide bonds. The van der Waals surface area contributed by atoms with Crippen molar-refractivity contribution >= 4 is 28.9 Å². The van der Waals surface area contributed by atoms with Crippen molar-refractivity contribution in [3.8, 4) is 0 Å². The topological polar surface area (TPSA) is 75.3 Å². The third-order valence-electron chi connectivity index (χ3n) is 3.35. The molecule has 2 rings (SSSR count). The zero-order valence-corrected chi connectivity index (χ0v) is 12.6. The van der Waals surface area contributed by atoms with Crippen LogP contribution in [0.3, 0.4) is 0 Å². The standard InChI is InChI=1S/C16H17ClN2O2/c1-9-6-13(8-14(15(9)18)16(20)21)19-10(2)11-4-3-5-12(17)7-11/h3-8,10,19H,18H2,1-2H3,(H,20,21). The summed E-state index contributed by atoms with van der Waals surface area (Å²) in [6.45, 7) is 3.77. The maximum absolute atomic E-state index is 11.2. The summed E-state index contributed by atoms with van der Waals surface area (Å²) in [5.41, 5.74) is 8.66. The van der Waals surface area contributed by atoms with E-state index in [0.717, 1.165) is 11.1 Å². The van der Waals surface area contributed by atoms with Gasteiger partial charge in [0, 0.05) is 22.4 Å². The minimum atomic E-state index is -1.03. The van der Waals surface area contributed by atoms with Crippen molar-refractivity contribution in [1.82, 2.24) is 0 Å². The fourth-order valence-corrected chi connectivity index (χ4v) is 2.37. The largest absolute Gasteiger partial charge is 0.478 e. The molecule has 4 N–H and O–H groups in total. The predicted octanol–water partition coefficient (Wildman–Crippen LogP) is 4.10. The van der Waals surface area contributed by atoms with E-state index in [2.05, 4.69) is 5.32 Å². The van der Waals surface area contributed by atoms with Crippen LogP contribution in [0.15, 0.2) is 36.4 Å². The van der Waals surface area contributed by atoms with Crippen LogP contribution in [0.5, 0.6) is 0 Å². The van der Waals surface area contributed by atoms with Gasteiger partial charge in [-0.15, -0.1) is 0 Å². The van der Waals surface area contributed by atoms with Gasteiger partial charge in [-0.2, -0.15) is 0 Å². The van der Waals surface area contributed by atoms with Crippen molar-refractivity contribution in [3.63, 3.8) is 0 Å². The number of carboxylic acids is 1. The molecule has 5 heteroatoms. The molecule has 0 saturated heterocycles. The summed E-state index contributed by atoms with van der Waals surface area (Å²) in [6.07, 6.45) is 0. The molecular formula is C16H17ClN2O2. The van der Waals surface area contributed by atoms with Crippen molar-refractivity contribution in [2.75, 3.05) is 11.1 Å². The third-order valence-corrected chi connectivity index (χ3v) is 3.58. The van der Waals surface area contributed by atoms with Crippen molar-refractivity contribution in [2.45, 2.75) is 19.9 Å². The Bertz CT molecular complexity index is 686. The summed E-state index contributed by atoms with van der Waals surface area (Å²) < 4.78 is 0. The van der Waals surface area contributed by atoms with Crippen LogP contribution in [0.2, 0.25) is 5.02 Å². The summed E-state index contributed by atoms with van der Waals surface area (Å²) >= 11 is 5.98. The number of nitrogens with two attached hydrogens (primary N) is 1. The van der Waals surface area contributed by atoms with Gasteiger partial charge in [0.25, 0.3) is 0 Å². The number of aromatic carboxylic acids is 1. The number of aryl methyl sites for hydroxylation is 1. The van der Waals surface area contributed by atoms with Gasteiger partial charge in [-0.1, -0.05) is 23.7 Å². The van der Waals surface area contributed by atoms with Crippen LogP contribution >= 0.6 is 11.6 Å². The highest BCUT2D eigenvalue weighted by Crippen LogP contribution is 2.26. The van der Waals surface area contributed by atoms with Gasteiger partial charge in [-0.3, -0.25) is 0 Å². The van der Waals surface area contributed by atoms with Gasteiger partial charge in [0.15, 0.2) is 0 Å². The van der Waals surface area contributed by atoms with Gasteiger partial charge in [-0.05, 0) is 49.2 Å². The number of benzene rings is 2. The lowest BCUT2D eigenvalue weighted by atomic mass is 10.0. The number of anilines is 2. The number of rotatable bonds is 4. The van der Waals surface area contributed by atoms with Gasteiger partial charge in [0.05, 0.1) is 5.56 Å². The molecular weight excluding hydrogens is 288 g/mol. The van der Waals surface area contributed by atoms with E-state index < -0.39 is 5.97 Å². The van der Waals surface area contributed by atoms with E-state index in [1.807, 2.05) is 37.3 Å². The molecule has 21 heavy (non-hydrogen) atoms. The Morgan fingerprint density at radius 3 is 2.67 bits per heavy atom. The predicted molar refractivity (Wildman–Crippen MR) is 86.0 cm³/mol. The number of carboxylic acid groups (broad SMARTS) is 1. The average molecular weight is 305 g/mol. The van der Waals surface area contributed by atoms with Gasteiger partial charge < -0.3 is 16.2 Å². The van der Waals surface area contributed by atoms with E-state index >= 15 is 0 Å². The first kappa shape index (κ1) is 15.2. The van der Waals surface area contributed by atoms with Gasteiger partial charge >= 0.3 is 5.97 Å². The smallest absolute Gasteiger partial charge is 0.337 e. The van der Waals surface area contributed by atoms with Crippen molar-refractivity contribution in [1.29, 1.82) is 0 Å². The number of hydrogen-bond donors (Lipinski definition) is 3. The summed E-state index contributed by atoms with van der Waals surface area (Å²) in [5, 5.41) is 13.1. The molecule has 0 spiro atoms. The lowest BCUT2D eigenvalue weighted by molar-refractivity contribution is 0.0698. The zero-order chi connectivity index (χ0) is 15.6. The first-order valence-electron chi connectivity index (χ1n) is 6.54. The number of carbonyl (C=O) groups is 1. The normalized spacial score (nSPS) is 12.0. The molecule has 4 nitrogen and oxygen atoms in total. The van der Waals surface area contributed by atoms with E-state index in [9.17, 15) is 9.90 Å². The maximum atomic E-state index is 11.2. The summed E-state index contributed by atoms with van der Waals surface area (Å²) in [5.74, 6) is -1.03. The maximum Gasteiger partial charge on any atom is 0.337 e. The third kappa shape index (κ3) is 3.47. The molecule has 0 saturated carbocycles.